The van der Waals surface area contributed by atoms with Gasteiger partial charge >= 0.3 is 0 Å². The first-order chi connectivity index (χ1) is 13.9. The number of hydrogen-bond acceptors (Lipinski definition) is 5. The van der Waals surface area contributed by atoms with Gasteiger partial charge in [0.1, 0.15) is 0 Å². The molecule has 2 amide bonds. The number of nitrogens with zero attached hydrogens (tertiary/aromatic N) is 1. The van der Waals surface area contributed by atoms with Crippen LogP contribution in [0.1, 0.15) is 29.8 Å². The normalized spacial score (nSPS) is 11.9. The minimum absolute atomic E-state index is 0.107. The van der Waals surface area contributed by atoms with Crippen LogP contribution in [-0.2, 0) is 21.2 Å². The van der Waals surface area contributed by atoms with Crippen LogP contribution in [0.4, 0.5) is 5.69 Å². The average molecular weight is 434 g/mol. The van der Waals surface area contributed by atoms with Crippen LogP contribution >= 0.6 is 0 Å². The van der Waals surface area contributed by atoms with E-state index in [1.54, 1.807) is 38.1 Å². The van der Waals surface area contributed by atoms with Gasteiger partial charge in [0.05, 0.1) is 23.5 Å². The lowest BCUT2D eigenvalue weighted by Crippen LogP contribution is -2.46. The van der Waals surface area contributed by atoms with Gasteiger partial charge in [-0.2, -0.15) is 0 Å². The van der Waals surface area contributed by atoms with E-state index in [0.29, 0.717) is 11.3 Å². The summed E-state index contributed by atoms with van der Waals surface area (Å²) < 4.78 is 25.3. The number of carbonyl (C=O) groups excluding carboxylic acids is 2. The third kappa shape index (κ3) is 6.12. The molecule has 0 fully saturated rings. The summed E-state index contributed by atoms with van der Waals surface area (Å²) in [5.41, 5.74) is 0.941. The number of rotatable bonds is 8. The zero-order valence-electron chi connectivity index (χ0n) is 17.5. The van der Waals surface area contributed by atoms with Crippen LogP contribution in [0.5, 0.6) is 0 Å². The van der Waals surface area contributed by atoms with Crippen molar-refractivity contribution < 1.29 is 23.1 Å². The summed E-state index contributed by atoms with van der Waals surface area (Å²) in [6.45, 7) is 3.30. The highest BCUT2D eigenvalue weighted by molar-refractivity contribution is 7.89. The van der Waals surface area contributed by atoms with Crippen molar-refractivity contribution in [2.24, 2.45) is 0 Å². The predicted molar refractivity (Wildman–Crippen MR) is 115 cm³/mol. The molecule has 0 bridgehead atoms. The first-order valence-electron chi connectivity index (χ1n) is 9.29. The quantitative estimate of drug-likeness (QED) is 0.585. The smallest absolute Gasteiger partial charge is 0.255 e. The molecule has 30 heavy (non-hydrogen) atoms. The van der Waals surface area contributed by atoms with Gasteiger partial charge in [0.25, 0.3) is 5.91 Å². The van der Waals surface area contributed by atoms with Crippen LogP contribution in [0.15, 0.2) is 53.4 Å². The lowest BCUT2D eigenvalue weighted by atomic mass is 10.1. The number of carbonyl (C=O) groups is 2. The number of amides is 2. The SMILES string of the molecule is CN(C)S(=O)(=O)c1ccc(C(=O)Nc2ccc(CC(=O)NC(C)(C)CO)cc2)cc1. The Bertz CT molecular complexity index is 998. The highest BCUT2D eigenvalue weighted by Crippen LogP contribution is 2.16. The standard InChI is InChI=1S/C21H27N3O5S/c1-21(2,14-25)23-19(26)13-15-5-9-17(10-6-15)22-20(27)16-7-11-18(12-8-16)30(28,29)24(3)4/h5-12,25H,13-14H2,1-4H3,(H,22,27)(H,23,26). The van der Waals surface area contributed by atoms with Crippen LogP contribution in [-0.4, -0.2) is 55.9 Å². The Labute approximate surface area is 177 Å². The summed E-state index contributed by atoms with van der Waals surface area (Å²) in [4.78, 5) is 24.5. The maximum absolute atomic E-state index is 12.4. The van der Waals surface area contributed by atoms with Gasteiger partial charge < -0.3 is 15.7 Å². The Morgan fingerprint density at radius 2 is 1.57 bits per heavy atom. The highest BCUT2D eigenvalue weighted by Gasteiger charge is 2.19. The second kappa shape index (κ2) is 9.38. The Hall–Kier alpha value is -2.75. The molecule has 0 aliphatic heterocycles. The number of hydrogen-bond donors (Lipinski definition) is 3. The molecule has 0 aliphatic rings. The van der Waals surface area contributed by atoms with E-state index in [1.165, 1.54) is 38.4 Å². The minimum atomic E-state index is -3.55. The number of aliphatic hydroxyl groups excluding tert-OH is 1. The molecule has 2 aromatic rings. The molecule has 8 nitrogen and oxygen atoms in total. The molecule has 3 N–H and O–H groups in total. The summed E-state index contributed by atoms with van der Waals surface area (Å²) in [5.74, 6) is -0.586. The van der Waals surface area contributed by atoms with E-state index < -0.39 is 15.6 Å². The minimum Gasteiger partial charge on any atom is -0.394 e. The van der Waals surface area contributed by atoms with Crippen LogP contribution in [0.3, 0.4) is 0 Å². The lowest BCUT2D eigenvalue weighted by Gasteiger charge is -2.23. The largest absolute Gasteiger partial charge is 0.394 e. The Morgan fingerprint density at radius 1 is 1.00 bits per heavy atom. The van der Waals surface area contributed by atoms with Gasteiger partial charge in [-0.15, -0.1) is 0 Å². The number of anilines is 1. The van der Waals surface area contributed by atoms with Crippen molar-refractivity contribution in [3.63, 3.8) is 0 Å². The van der Waals surface area contributed by atoms with Crippen molar-refractivity contribution >= 4 is 27.5 Å². The van der Waals surface area contributed by atoms with Gasteiger partial charge in [0.15, 0.2) is 0 Å². The summed E-state index contributed by atoms with van der Waals surface area (Å²) in [6, 6.07) is 12.5. The van der Waals surface area contributed by atoms with Crippen molar-refractivity contribution in [2.45, 2.75) is 30.7 Å². The first-order valence-corrected chi connectivity index (χ1v) is 10.7. The second-order valence-corrected chi connectivity index (χ2v) is 9.88. The van der Waals surface area contributed by atoms with Crippen molar-refractivity contribution in [1.82, 2.24) is 9.62 Å². The first kappa shape index (κ1) is 23.5. The van der Waals surface area contributed by atoms with Crippen molar-refractivity contribution in [3.8, 4) is 0 Å². The summed E-state index contributed by atoms with van der Waals surface area (Å²) in [5, 5.41) is 14.7. The van der Waals surface area contributed by atoms with Crippen LogP contribution < -0.4 is 10.6 Å². The molecule has 0 atom stereocenters. The summed E-state index contributed by atoms with van der Waals surface area (Å²) in [7, 11) is -0.669. The maximum atomic E-state index is 12.4. The van der Waals surface area contributed by atoms with E-state index >= 15 is 0 Å². The summed E-state index contributed by atoms with van der Waals surface area (Å²) >= 11 is 0. The molecule has 9 heteroatoms. The molecule has 2 aromatic carbocycles. The van der Waals surface area contributed by atoms with Gasteiger partial charge in [-0.3, -0.25) is 9.59 Å². The molecular formula is C21H27N3O5S. The molecule has 0 saturated heterocycles. The van der Waals surface area contributed by atoms with E-state index in [0.717, 1.165) is 9.87 Å². The second-order valence-electron chi connectivity index (χ2n) is 7.73. The van der Waals surface area contributed by atoms with E-state index in [9.17, 15) is 23.1 Å². The van der Waals surface area contributed by atoms with Crippen LogP contribution in [0, 0.1) is 0 Å². The molecule has 0 unspecified atom stereocenters. The van der Waals surface area contributed by atoms with Crippen molar-refractivity contribution in [1.29, 1.82) is 0 Å². The van der Waals surface area contributed by atoms with Gasteiger partial charge in [-0.05, 0) is 55.8 Å². The van der Waals surface area contributed by atoms with E-state index in [1.807, 2.05) is 0 Å². The van der Waals surface area contributed by atoms with Gasteiger partial charge in [-0.1, -0.05) is 12.1 Å². The number of sulfonamides is 1. The van der Waals surface area contributed by atoms with Crippen LogP contribution in [0.25, 0.3) is 0 Å². The highest BCUT2D eigenvalue weighted by atomic mass is 32.2. The third-order valence-corrected chi connectivity index (χ3v) is 6.17. The topological polar surface area (TPSA) is 116 Å². The molecule has 162 valence electrons. The Morgan fingerprint density at radius 3 is 2.07 bits per heavy atom. The number of aliphatic hydroxyl groups is 1. The molecule has 0 heterocycles. The van der Waals surface area contributed by atoms with Crippen molar-refractivity contribution in [3.05, 3.63) is 59.7 Å². The van der Waals surface area contributed by atoms with Gasteiger partial charge in [0, 0.05) is 25.3 Å². The van der Waals surface area contributed by atoms with Gasteiger partial charge in [0.2, 0.25) is 15.9 Å². The molecule has 0 saturated carbocycles. The fraction of sp³-hybridized carbons (Fsp3) is 0.333. The Kier molecular flexibility index (Phi) is 7.35. The zero-order chi connectivity index (χ0) is 22.5. The molecule has 0 aliphatic carbocycles. The van der Waals surface area contributed by atoms with Crippen LogP contribution in [0.2, 0.25) is 0 Å². The molecular weight excluding hydrogens is 406 g/mol. The molecule has 0 spiro atoms. The zero-order valence-corrected chi connectivity index (χ0v) is 18.3. The molecule has 0 radical (unpaired) electrons. The molecule has 0 aromatic heterocycles. The lowest BCUT2D eigenvalue weighted by molar-refractivity contribution is -0.122. The Balaban J connectivity index is 2.00. The predicted octanol–water partition coefficient (Wildman–Crippen LogP) is 1.62. The maximum Gasteiger partial charge on any atom is 0.255 e. The van der Waals surface area contributed by atoms with Gasteiger partial charge in [-0.25, -0.2) is 12.7 Å². The fourth-order valence-corrected chi connectivity index (χ4v) is 3.45. The fourth-order valence-electron chi connectivity index (χ4n) is 2.54. The van der Waals surface area contributed by atoms with Crippen molar-refractivity contribution in [2.75, 3.05) is 26.0 Å². The average Bonchev–Trinajstić information content (AvgIpc) is 2.69. The van der Waals surface area contributed by atoms with E-state index in [4.69, 9.17) is 0 Å². The van der Waals surface area contributed by atoms with E-state index in [2.05, 4.69) is 10.6 Å². The van der Waals surface area contributed by atoms with E-state index in [-0.39, 0.29) is 29.7 Å². The molecule has 2 rings (SSSR count). The summed E-state index contributed by atoms with van der Waals surface area (Å²) in [6.07, 6.45) is 0.152. The third-order valence-electron chi connectivity index (χ3n) is 4.34. The number of benzene rings is 2. The number of nitrogens with one attached hydrogen (secondary N) is 2. The monoisotopic (exact) mass is 433 g/mol.